The molecule has 1 N–H and O–H groups in total. The van der Waals surface area contributed by atoms with Gasteiger partial charge in [0.25, 0.3) is 0 Å². The van der Waals surface area contributed by atoms with Gasteiger partial charge in [0.15, 0.2) is 0 Å². The van der Waals surface area contributed by atoms with E-state index in [2.05, 4.69) is 0 Å². The summed E-state index contributed by atoms with van der Waals surface area (Å²) < 4.78 is 15.4. The summed E-state index contributed by atoms with van der Waals surface area (Å²) in [4.78, 5) is 22.3. The van der Waals surface area contributed by atoms with Gasteiger partial charge >= 0.3 is 11.9 Å². The van der Waals surface area contributed by atoms with E-state index in [4.69, 9.17) is 19.3 Å². The van der Waals surface area contributed by atoms with E-state index in [1.807, 2.05) is 13.8 Å². The van der Waals surface area contributed by atoms with E-state index in [0.29, 0.717) is 39.3 Å². The fraction of sp³-hybridized carbons (Fsp3) is 0.867. The Bertz CT molecular complexity index is 335. The molecule has 0 amide bonds. The summed E-state index contributed by atoms with van der Waals surface area (Å²) in [6, 6.07) is 0. The molecule has 0 saturated carbocycles. The smallest absolute Gasteiger partial charge is 0.311 e. The molecule has 0 aliphatic heterocycles. The topological polar surface area (TPSA) is 82.1 Å². The lowest BCUT2D eigenvalue weighted by Crippen LogP contribution is -2.27. The average Bonchev–Trinajstić information content (AvgIpc) is 2.40. The molecule has 124 valence electrons. The van der Waals surface area contributed by atoms with Crippen LogP contribution in [0.2, 0.25) is 0 Å². The molecule has 0 atom stereocenters. The van der Waals surface area contributed by atoms with Crippen molar-refractivity contribution in [1.82, 2.24) is 0 Å². The molecule has 0 unspecified atom stereocenters. The van der Waals surface area contributed by atoms with E-state index < -0.39 is 16.8 Å². The van der Waals surface area contributed by atoms with Gasteiger partial charge in [-0.05, 0) is 40.5 Å². The molecule has 0 aromatic rings. The minimum atomic E-state index is -0.826. The third-order valence-electron chi connectivity index (χ3n) is 3.43. The lowest BCUT2D eigenvalue weighted by atomic mass is 9.90. The second-order valence-electron chi connectivity index (χ2n) is 6.29. The van der Waals surface area contributed by atoms with Gasteiger partial charge in [0.1, 0.15) is 0 Å². The van der Waals surface area contributed by atoms with Crippen molar-refractivity contribution >= 4 is 11.9 Å². The number of carbonyl (C=O) groups is 2. The molecule has 0 radical (unpaired) electrons. The summed E-state index contributed by atoms with van der Waals surface area (Å²) >= 11 is 0. The van der Waals surface area contributed by atoms with Crippen LogP contribution in [-0.4, -0.2) is 50.6 Å². The average molecular weight is 304 g/mol. The third-order valence-corrected chi connectivity index (χ3v) is 3.43. The van der Waals surface area contributed by atoms with Crippen LogP contribution in [0, 0.1) is 10.8 Å². The fourth-order valence-corrected chi connectivity index (χ4v) is 1.46. The number of carbonyl (C=O) groups excluding carboxylic acids is 1. The number of hydrogen-bond acceptors (Lipinski definition) is 5. The van der Waals surface area contributed by atoms with Gasteiger partial charge in [0.05, 0.1) is 31.2 Å². The first-order chi connectivity index (χ1) is 9.63. The molecule has 6 heteroatoms. The maximum atomic E-state index is 11.4. The molecule has 0 fully saturated rings. The third kappa shape index (κ3) is 8.02. The van der Waals surface area contributed by atoms with Gasteiger partial charge in [-0.15, -0.1) is 0 Å². The highest BCUT2D eigenvalue weighted by molar-refractivity contribution is 5.75. The molecule has 21 heavy (non-hydrogen) atoms. The largest absolute Gasteiger partial charge is 0.481 e. The van der Waals surface area contributed by atoms with Crippen molar-refractivity contribution in [2.24, 2.45) is 10.8 Å². The molecule has 0 aliphatic carbocycles. The van der Waals surface area contributed by atoms with Gasteiger partial charge < -0.3 is 19.3 Å². The Balaban J connectivity index is 3.62. The highest BCUT2D eigenvalue weighted by Gasteiger charge is 2.28. The van der Waals surface area contributed by atoms with E-state index in [1.165, 1.54) is 7.11 Å². The van der Waals surface area contributed by atoms with Crippen LogP contribution < -0.4 is 0 Å². The lowest BCUT2D eigenvalue weighted by Gasteiger charge is -2.21. The Labute approximate surface area is 126 Å². The molecule has 6 nitrogen and oxygen atoms in total. The monoisotopic (exact) mass is 304 g/mol. The molecule has 0 heterocycles. The summed E-state index contributed by atoms with van der Waals surface area (Å²) in [6.07, 6.45) is 1.03. The van der Waals surface area contributed by atoms with Crippen LogP contribution in [0.1, 0.15) is 40.5 Å². The minimum Gasteiger partial charge on any atom is -0.481 e. The number of carboxylic acids is 1. The zero-order valence-corrected chi connectivity index (χ0v) is 13.7. The number of esters is 1. The number of hydrogen-bond donors (Lipinski definition) is 1. The van der Waals surface area contributed by atoms with E-state index in [-0.39, 0.29) is 5.97 Å². The first-order valence-electron chi connectivity index (χ1n) is 7.11. The standard InChI is InChI=1S/C15H28O6/c1-14(2,12(16)17)6-8-20-10-11-21-9-7-15(3,4)13(18)19-5/h6-11H2,1-5H3,(H,16,17). The van der Waals surface area contributed by atoms with Crippen LogP contribution in [0.15, 0.2) is 0 Å². The fourth-order valence-electron chi connectivity index (χ4n) is 1.46. The van der Waals surface area contributed by atoms with Crippen LogP contribution in [0.25, 0.3) is 0 Å². The Morgan fingerprint density at radius 1 is 0.857 bits per heavy atom. The van der Waals surface area contributed by atoms with E-state index >= 15 is 0 Å². The molecule has 0 aromatic carbocycles. The van der Waals surface area contributed by atoms with Crippen molar-refractivity contribution in [3.8, 4) is 0 Å². The predicted octanol–water partition coefficient (Wildman–Crippen LogP) is 2.11. The maximum Gasteiger partial charge on any atom is 0.311 e. The number of ether oxygens (including phenoxy) is 3. The molecule has 0 aromatic heterocycles. The second kappa shape index (κ2) is 9.00. The predicted molar refractivity (Wildman–Crippen MR) is 78.1 cm³/mol. The van der Waals surface area contributed by atoms with Gasteiger partial charge in [-0.1, -0.05) is 0 Å². The summed E-state index contributed by atoms with van der Waals surface area (Å²) in [5.41, 5.74) is -1.33. The summed E-state index contributed by atoms with van der Waals surface area (Å²) in [5.74, 6) is -1.08. The van der Waals surface area contributed by atoms with Crippen molar-refractivity contribution in [2.75, 3.05) is 33.5 Å². The van der Waals surface area contributed by atoms with Crippen molar-refractivity contribution < 1.29 is 28.9 Å². The van der Waals surface area contributed by atoms with Gasteiger partial charge in [0.2, 0.25) is 0 Å². The molecule has 0 rings (SSSR count). The van der Waals surface area contributed by atoms with Gasteiger partial charge in [0, 0.05) is 13.2 Å². The SMILES string of the molecule is COC(=O)C(C)(C)CCOCCOCCC(C)(C)C(=O)O. The highest BCUT2D eigenvalue weighted by Crippen LogP contribution is 2.22. The molecule has 0 saturated heterocycles. The van der Waals surface area contributed by atoms with Crippen molar-refractivity contribution in [3.63, 3.8) is 0 Å². The number of carboxylic acid groups (broad SMARTS) is 1. The number of rotatable bonds is 11. The molecule has 0 aliphatic rings. The second-order valence-corrected chi connectivity index (χ2v) is 6.29. The Morgan fingerprint density at radius 3 is 1.67 bits per heavy atom. The summed E-state index contributed by atoms with van der Waals surface area (Å²) in [7, 11) is 1.37. The molecule has 0 spiro atoms. The van der Waals surface area contributed by atoms with Gasteiger partial charge in [-0.2, -0.15) is 0 Å². The normalized spacial score (nSPS) is 12.2. The van der Waals surface area contributed by atoms with Gasteiger partial charge in [-0.3, -0.25) is 9.59 Å². The zero-order valence-electron chi connectivity index (χ0n) is 13.7. The van der Waals surface area contributed by atoms with Crippen LogP contribution in [0.5, 0.6) is 0 Å². The van der Waals surface area contributed by atoms with E-state index in [0.717, 1.165) is 0 Å². The maximum absolute atomic E-state index is 11.4. The zero-order chi connectivity index (χ0) is 16.5. The molecular weight excluding hydrogens is 276 g/mol. The quantitative estimate of drug-likeness (QED) is 0.465. The van der Waals surface area contributed by atoms with Crippen molar-refractivity contribution in [1.29, 1.82) is 0 Å². The van der Waals surface area contributed by atoms with Crippen molar-refractivity contribution in [2.45, 2.75) is 40.5 Å². The van der Waals surface area contributed by atoms with E-state index in [1.54, 1.807) is 13.8 Å². The Kier molecular flexibility index (Phi) is 8.51. The van der Waals surface area contributed by atoms with Crippen LogP contribution in [-0.2, 0) is 23.8 Å². The summed E-state index contributed by atoms with van der Waals surface area (Å²) in [5, 5.41) is 8.94. The van der Waals surface area contributed by atoms with E-state index in [9.17, 15) is 9.59 Å². The van der Waals surface area contributed by atoms with Gasteiger partial charge in [-0.25, -0.2) is 0 Å². The number of methoxy groups -OCH3 is 1. The van der Waals surface area contributed by atoms with Crippen LogP contribution in [0.3, 0.4) is 0 Å². The molecular formula is C15H28O6. The van der Waals surface area contributed by atoms with Crippen molar-refractivity contribution in [3.05, 3.63) is 0 Å². The Morgan fingerprint density at radius 2 is 1.29 bits per heavy atom. The summed E-state index contributed by atoms with van der Waals surface area (Å²) in [6.45, 7) is 8.63. The number of aliphatic carboxylic acids is 1. The van der Waals surface area contributed by atoms with Crippen LogP contribution in [0.4, 0.5) is 0 Å². The Hall–Kier alpha value is -1.14. The minimum absolute atomic E-state index is 0.252. The highest BCUT2D eigenvalue weighted by atomic mass is 16.5. The van der Waals surface area contributed by atoms with Crippen LogP contribution >= 0.6 is 0 Å². The first-order valence-corrected chi connectivity index (χ1v) is 7.11. The molecule has 0 bridgehead atoms. The lowest BCUT2D eigenvalue weighted by molar-refractivity contribution is -0.152. The first kappa shape index (κ1) is 19.9.